The first-order valence-electron chi connectivity index (χ1n) is 6.71. The van der Waals surface area contributed by atoms with Gasteiger partial charge in [0.2, 0.25) is 0 Å². The Hall–Kier alpha value is -1.10. The summed E-state index contributed by atoms with van der Waals surface area (Å²) >= 11 is 0. The summed E-state index contributed by atoms with van der Waals surface area (Å²) in [6, 6.07) is 4.04. The zero-order valence-electron chi connectivity index (χ0n) is 12.2. The van der Waals surface area contributed by atoms with Gasteiger partial charge in [-0.25, -0.2) is 0 Å². The molecule has 2 N–H and O–H groups in total. The van der Waals surface area contributed by atoms with Crippen LogP contribution in [0.5, 0.6) is 5.75 Å². The van der Waals surface area contributed by atoms with E-state index in [1.54, 1.807) is 7.11 Å². The molecule has 1 aromatic carbocycles. The van der Waals surface area contributed by atoms with Gasteiger partial charge in [-0.3, -0.25) is 0 Å². The lowest BCUT2D eigenvalue weighted by molar-refractivity contribution is 0.0695. The Morgan fingerprint density at radius 1 is 1.11 bits per heavy atom. The highest BCUT2D eigenvalue weighted by Gasteiger charge is 2.02. The van der Waals surface area contributed by atoms with Crippen molar-refractivity contribution in [2.45, 2.75) is 26.8 Å². The molecular formula is C15H25NO3. The van der Waals surface area contributed by atoms with Gasteiger partial charge in [-0.2, -0.15) is 0 Å². The fraction of sp³-hybridized carbons (Fsp3) is 0.600. The Balaban J connectivity index is 2.16. The lowest BCUT2D eigenvalue weighted by atomic mass is 10.1. The number of hydrogen-bond acceptors (Lipinski definition) is 4. The van der Waals surface area contributed by atoms with E-state index >= 15 is 0 Å². The summed E-state index contributed by atoms with van der Waals surface area (Å²) in [5, 5.41) is 13.1. The molecular weight excluding hydrogens is 242 g/mol. The summed E-state index contributed by atoms with van der Waals surface area (Å²) < 4.78 is 10.3. The van der Waals surface area contributed by atoms with Crippen LogP contribution in [0, 0.1) is 13.8 Å². The fourth-order valence-electron chi connectivity index (χ4n) is 1.92. The minimum atomic E-state index is 0.398. The summed E-state index contributed by atoms with van der Waals surface area (Å²) in [7, 11) is 1.67. The predicted molar refractivity (Wildman–Crippen MR) is 76.6 cm³/mol. The van der Waals surface area contributed by atoms with Gasteiger partial charge in [0, 0.05) is 20.3 Å². The van der Waals surface area contributed by atoms with E-state index in [0.717, 1.165) is 37.2 Å². The van der Waals surface area contributed by atoms with E-state index in [0.29, 0.717) is 19.0 Å². The van der Waals surface area contributed by atoms with Crippen LogP contribution in [0.15, 0.2) is 12.1 Å². The number of ether oxygens (including phenoxy) is 2. The quantitative estimate of drug-likeness (QED) is 0.673. The van der Waals surface area contributed by atoms with E-state index in [1.807, 2.05) is 26.0 Å². The number of nitrogens with one attached hydrogen (secondary N) is 1. The minimum absolute atomic E-state index is 0.398. The molecule has 0 bridgehead atoms. The van der Waals surface area contributed by atoms with Gasteiger partial charge in [0.25, 0.3) is 0 Å². The molecule has 0 saturated heterocycles. The molecule has 0 amide bonds. The maximum absolute atomic E-state index is 9.70. The van der Waals surface area contributed by atoms with Crippen LogP contribution >= 0.6 is 0 Å². The largest absolute Gasteiger partial charge is 0.507 e. The molecule has 4 nitrogen and oxygen atoms in total. The molecule has 0 heterocycles. The second kappa shape index (κ2) is 8.91. The van der Waals surface area contributed by atoms with Gasteiger partial charge < -0.3 is 19.9 Å². The molecule has 0 aliphatic heterocycles. The average Bonchev–Trinajstić information content (AvgIpc) is 2.39. The predicted octanol–water partition coefficient (Wildman–Crippen LogP) is 2.15. The van der Waals surface area contributed by atoms with Crippen molar-refractivity contribution >= 4 is 0 Å². The number of aryl methyl sites for hydroxylation is 2. The SMILES string of the molecule is COCCOCCCNCc1cc(C)c(O)c(C)c1. The number of hydrogen-bond donors (Lipinski definition) is 2. The molecule has 0 radical (unpaired) electrons. The van der Waals surface area contributed by atoms with Crippen molar-refractivity contribution in [1.82, 2.24) is 5.32 Å². The zero-order valence-corrected chi connectivity index (χ0v) is 12.2. The normalized spacial score (nSPS) is 10.9. The van der Waals surface area contributed by atoms with Gasteiger partial charge in [-0.15, -0.1) is 0 Å². The van der Waals surface area contributed by atoms with Crippen LogP contribution in [0.2, 0.25) is 0 Å². The number of phenolic OH excluding ortho intramolecular Hbond substituents is 1. The lowest BCUT2D eigenvalue weighted by Gasteiger charge is -2.09. The average molecular weight is 267 g/mol. The van der Waals surface area contributed by atoms with Crippen LogP contribution in [0.3, 0.4) is 0 Å². The van der Waals surface area contributed by atoms with E-state index in [4.69, 9.17) is 9.47 Å². The lowest BCUT2D eigenvalue weighted by Crippen LogP contribution is -2.17. The second-order valence-electron chi connectivity index (χ2n) is 4.71. The molecule has 1 rings (SSSR count). The first-order valence-corrected chi connectivity index (χ1v) is 6.71. The van der Waals surface area contributed by atoms with Crippen molar-refractivity contribution in [2.75, 3.05) is 33.5 Å². The van der Waals surface area contributed by atoms with Crippen molar-refractivity contribution in [2.24, 2.45) is 0 Å². The Labute approximate surface area is 115 Å². The Kier molecular flexibility index (Phi) is 7.48. The molecule has 4 heteroatoms. The summed E-state index contributed by atoms with van der Waals surface area (Å²) in [4.78, 5) is 0. The highest BCUT2D eigenvalue weighted by atomic mass is 16.5. The summed E-state index contributed by atoms with van der Waals surface area (Å²) in [5.74, 6) is 0.398. The first-order chi connectivity index (χ1) is 9.15. The molecule has 0 atom stereocenters. The molecule has 0 fully saturated rings. The monoisotopic (exact) mass is 267 g/mol. The van der Waals surface area contributed by atoms with Crippen LogP contribution in [-0.2, 0) is 16.0 Å². The van der Waals surface area contributed by atoms with Gasteiger partial charge in [0.15, 0.2) is 0 Å². The molecule has 0 aliphatic carbocycles. The van der Waals surface area contributed by atoms with Gasteiger partial charge in [0.05, 0.1) is 13.2 Å². The zero-order chi connectivity index (χ0) is 14.1. The third-order valence-electron chi connectivity index (χ3n) is 2.95. The third kappa shape index (κ3) is 6.05. The highest BCUT2D eigenvalue weighted by Crippen LogP contribution is 2.22. The van der Waals surface area contributed by atoms with E-state index < -0.39 is 0 Å². The molecule has 0 spiro atoms. The number of methoxy groups -OCH3 is 1. The van der Waals surface area contributed by atoms with Crippen molar-refractivity contribution < 1.29 is 14.6 Å². The van der Waals surface area contributed by atoms with Crippen molar-refractivity contribution in [1.29, 1.82) is 0 Å². The van der Waals surface area contributed by atoms with Crippen LogP contribution in [0.25, 0.3) is 0 Å². The highest BCUT2D eigenvalue weighted by molar-refractivity contribution is 5.42. The number of aromatic hydroxyl groups is 1. The molecule has 19 heavy (non-hydrogen) atoms. The summed E-state index contributed by atoms with van der Waals surface area (Å²) in [6.07, 6.45) is 0.986. The standard InChI is InChI=1S/C15H25NO3/c1-12-9-14(10-13(2)15(12)17)11-16-5-4-6-19-8-7-18-3/h9-10,16-17H,4-8,11H2,1-3H3. The second-order valence-corrected chi connectivity index (χ2v) is 4.71. The minimum Gasteiger partial charge on any atom is -0.507 e. The van der Waals surface area contributed by atoms with E-state index in [2.05, 4.69) is 5.32 Å². The van der Waals surface area contributed by atoms with Crippen LogP contribution in [0.4, 0.5) is 0 Å². The maximum atomic E-state index is 9.70. The van der Waals surface area contributed by atoms with Gasteiger partial charge in [0.1, 0.15) is 5.75 Å². The van der Waals surface area contributed by atoms with Crippen LogP contribution in [-0.4, -0.2) is 38.6 Å². The smallest absolute Gasteiger partial charge is 0.121 e. The third-order valence-corrected chi connectivity index (χ3v) is 2.95. The van der Waals surface area contributed by atoms with Crippen molar-refractivity contribution in [3.8, 4) is 5.75 Å². The summed E-state index contributed by atoms with van der Waals surface area (Å²) in [5.41, 5.74) is 3.06. The molecule has 0 aromatic heterocycles. The first kappa shape index (κ1) is 16.0. The van der Waals surface area contributed by atoms with Crippen molar-refractivity contribution in [3.05, 3.63) is 28.8 Å². The Morgan fingerprint density at radius 3 is 2.42 bits per heavy atom. The van der Waals surface area contributed by atoms with Crippen molar-refractivity contribution in [3.63, 3.8) is 0 Å². The molecule has 0 aliphatic rings. The van der Waals surface area contributed by atoms with Gasteiger partial charge >= 0.3 is 0 Å². The van der Waals surface area contributed by atoms with Crippen LogP contribution in [0.1, 0.15) is 23.1 Å². The summed E-state index contributed by atoms with van der Waals surface area (Å²) in [6.45, 7) is 7.66. The molecule has 0 unspecified atom stereocenters. The van der Waals surface area contributed by atoms with E-state index in [1.165, 1.54) is 5.56 Å². The molecule has 108 valence electrons. The maximum Gasteiger partial charge on any atom is 0.121 e. The topological polar surface area (TPSA) is 50.7 Å². The van der Waals surface area contributed by atoms with Crippen LogP contribution < -0.4 is 5.32 Å². The van der Waals surface area contributed by atoms with Gasteiger partial charge in [-0.05, 0) is 43.5 Å². The Morgan fingerprint density at radius 2 is 1.79 bits per heavy atom. The Bertz CT molecular complexity index is 357. The number of phenols is 1. The molecule has 1 aromatic rings. The number of benzene rings is 1. The van der Waals surface area contributed by atoms with Gasteiger partial charge in [-0.1, -0.05) is 12.1 Å². The fourth-order valence-corrected chi connectivity index (χ4v) is 1.92. The van der Waals surface area contributed by atoms with E-state index in [9.17, 15) is 5.11 Å². The number of rotatable bonds is 9. The van der Waals surface area contributed by atoms with E-state index in [-0.39, 0.29) is 0 Å². The molecule has 0 saturated carbocycles.